The molecule has 0 spiro atoms. The maximum atomic E-state index is 7.06. The van der Waals surface area contributed by atoms with Crippen molar-refractivity contribution in [2.24, 2.45) is 5.50 Å². The summed E-state index contributed by atoms with van der Waals surface area (Å²) in [5.74, 6) is 0. The van der Waals surface area contributed by atoms with Gasteiger partial charge in [0.25, 0.3) is 0 Å². The Bertz CT molecular complexity index is 219. The molecule has 5 nitrogen and oxygen atoms in total. The fraction of sp³-hybridized carbons (Fsp3) is 1.00. The van der Waals surface area contributed by atoms with Gasteiger partial charge in [0.05, 0.1) is 0 Å². The fourth-order valence-corrected chi connectivity index (χ4v) is 7.62. The molecule has 126 valence electrons. The van der Waals surface area contributed by atoms with Gasteiger partial charge < -0.3 is 0 Å². The molecule has 0 unspecified atom stereocenters. The van der Waals surface area contributed by atoms with E-state index in [1.807, 2.05) is 0 Å². The van der Waals surface area contributed by atoms with Crippen molar-refractivity contribution in [2.45, 2.75) is 13.8 Å². The van der Waals surface area contributed by atoms with E-state index in [0.717, 1.165) is 31.6 Å². The second kappa shape index (κ2) is 11.3. The number of halogens is 1. The molecule has 0 aromatic carbocycles. The molecule has 0 saturated heterocycles. The fourth-order valence-electron chi connectivity index (χ4n) is 2.69. The van der Waals surface area contributed by atoms with Gasteiger partial charge >= 0.3 is 118 Å². The topological polar surface area (TPSA) is 57.0 Å². The van der Waals surface area contributed by atoms with Gasteiger partial charge in [-0.15, -0.1) is 17.0 Å². The van der Waals surface area contributed by atoms with E-state index in [1.54, 1.807) is 21.3 Å². The van der Waals surface area contributed by atoms with Crippen LogP contribution in [0.5, 0.6) is 0 Å². The monoisotopic (exact) mass is 376 g/mol. The van der Waals surface area contributed by atoms with Crippen LogP contribution in [-0.4, -0.2) is 77.4 Å². The minimum absolute atomic E-state index is 0. The number of hydrogen-bond donors (Lipinski definition) is 1. The van der Waals surface area contributed by atoms with E-state index in [1.165, 1.54) is 0 Å². The van der Waals surface area contributed by atoms with Crippen molar-refractivity contribution in [1.82, 2.24) is 4.67 Å². The van der Waals surface area contributed by atoms with Crippen molar-refractivity contribution in [1.29, 1.82) is 0 Å². The van der Waals surface area contributed by atoms with Crippen LogP contribution in [0.15, 0.2) is 0 Å². The summed E-state index contributed by atoms with van der Waals surface area (Å²) in [6, 6.07) is 0. The van der Waals surface area contributed by atoms with Crippen LogP contribution >= 0.6 is 23.9 Å². The van der Waals surface area contributed by atoms with E-state index in [2.05, 4.69) is 18.5 Å². The van der Waals surface area contributed by atoms with Crippen LogP contribution in [0.2, 0.25) is 0 Å². The molecule has 0 aromatic heterocycles. The Balaban J connectivity index is 0. The van der Waals surface area contributed by atoms with Crippen LogP contribution in [0, 0.1) is 0 Å². The SMILES string of the molecule is Br.CCN(CC)P(N)(CCOC)(CCOC)CCOC. The minimum atomic E-state index is -2.52. The molecule has 0 aliphatic heterocycles. The Kier molecular flexibility index (Phi) is 13.0. The van der Waals surface area contributed by atoms with Crippen molar-refractivity contribution in [3.8, 4) is 0 Å². The van der Waals surface area contributed by atoms with Crippen LogP contribution in [0.4, 0.5) is 0 Å². The van der Waals surface area contributed by atoms with Crippen LogP contribution in [-0.2, 0) is 14.2 Å². The maximum absolute atomic E-state index is 7.06. The Morgan fingerprint density at radius 1 is 0.800 bits per heavy atom. The predicted molar refractivity (Wildman–Crippen MR) is 94.6 cm³/mol. The predicted octanol–water partition coefficient (Wildman–Crippen LogP) is 2.19. The normalized spacial score (nSPS) is 13.8. The zero-order chi connectivity index (χ0) is 14.8. The molecule has 0 heterocycles. The molecule has 0 saturated carbocycles. The van der Waals surface area contributed by atoms with Crippen LogP contribution in [0.25, 0.3) is 0 Å². The summed E-state index contributed by atoms with van der Waals surface area (Å²) in [5.41, 5.74) is 7.06. The standard InChI is InChI=1S/C13H33N2O3P.BrH/c1-6-15(7-2)19(14,11-8-16-3,12-9-17-4)13-10-18-5;/h6-14H2,1-5H3;1H. The van der Waals surface area contributed by atoms with Crippen molar-refractivity contribution in [3.05, 3.63) is 0 Å². The molecule has 0 aliphatic rings. The van der Waals surface area contributed by atoms with Gasteiger partial charge in [0.15, 0.2) is 0 Å². The van der Waals surface area contributed by atoms with E-state index in [9.17, 15) is 0 Å². The Morgan fingerprint density at radius 3 is 1.30 bits per heavy atom. The first-order valence-corrected chi connectivity index (χ1v) is 9.86. The van der Waals surface area contributed by atoms with Gasteiger partial charge in [-0.1, -0.05) is 0 Å². The first kappa shape index (κ1) is 23.0. The zero-order valence-corrected chi connectivity index (χ0v) is 16.4. The number of rotatable bonds is 12. The third kappa shape index (κ3) is 6.22. The molecule has 0 rings (SSSR count). The molecule has 0 fully saturated rings. The van der Waals surface area contributed by atoms with E-state index in [4.69, 9.17) is 19.7 Å². The molecule has 2 N–H and O–H groups in total. The number of nitrogens with zero attached hydrogens (tertiary/aromatic N) is 1. The van der Waals surface area contributed by atoms with E-state index in [0.29, 0.717) is 19.8 Å². The van der Waals surface area contributed by atoms with Crippen molar-refractivity contribution < 1.29 is 14.2 Å². The van der Waals surface area contributed by atoms with Gasteiger partial charge in [-0.3, -0.25) is 0 Å². The second-order valence-electron chi connectivity index (χ2n) is 5.05. The number of methoxy groups -OCH3 is 3. The van der Waals surface area contributed by atoms with Crippen LogP contribution in [0.1, 0.15) is 13.8 Å². The Hall–Kier alpha value is 0.710. The molecule has 0 amide bonds. The third-order valence-electron chi connectivity index (χ3n) is 4.02. The summed E-state index contributed by atoms with van der Waals surface area (Å²) >= 11 is 0. The van der Waals surface area contributed by atoms with Gasteiger partial charge in [-0.25, -0.2) is 0 Å². The average Bonchev–Trinajstić information content (AvgIpc) is 2.43. The summed E-state index contributed by atoms with van der Waals surface area (Å²) in [6.45, 7) is 5.82. The summed E-state index contributed by atoms with van der Waals surface area (Å²) in [4.78, 5) is 0. The second-order valence-corrected chi connectivity index (χ2v) is 10.5. The molecule has 7 heteroatoms. The quantitative estimate of drug-likeness (QED) is 0.529. The van der Waals surface area contributed by atoms with Crippen molar-refractivity contribution in [3.63, 3.8) is 0 Å². The van der Waals surface area contributed by atoms with Crippen LogP contribution < -0.4 is 5.50 Å². The third-order valence-corrected chi connectivity index (χ3v) is 9.93. The van der Waals surface area contributed by atoms with E-state index < -0.39 is 6.90 Å². The number of hydrogen-bond acceptors (Lipinski definition) is 5. The molecule has 0 aromatic rings. The van der Waals surface area contributed by atoms with Gasteiger partial charge in [0.2, 0.25) is 0 Å². The summed E-state index contributed by atoms with van der Waals surface area (Å²) in [6.07, 6.45) is 2.70. The Morgan fingerprint density at radius 2 is 1.10 bits per heavy atom. The molecule has 20 heavy (non-hydrogen) atoms. The van der Waals surface area contributed by atoms with Gasteiger partial charge in [-0.05, 0) is 0 Å². The number of ether oxygens (including phenoxy) is 3. The first-order chi connectivity index (χ1) is 9.01. The number of nitrogens with two attached hydrogens (primary N) is 1. The van der Waals surface area contributed by atoms with Gasteiger partial charge in [0.1, 0.15) is 0 Å². The van der Waals surface area contributed by atoms with E-state index >= 15 is 0 Å². The molecule has 0 radical (unpaired) electrons. The summed E-state index contributed by atoms with van der Waals surface area (Å²) in [7, 11) is 5.20. The average molecular weight is 377 g/mol. The van der Waals surface area contributed by atoms with Crippen LogP contribution in [0.3, 0.4) is 0 Å². The molecule has 0 atom stereocenters. The van der Waals surface area contributed by atoms with Gasteiger partial charge in [0, 0.05) is 0 Å². The van der Waals surface area contributed by atoms with Crippen molar-refractivity contribution >= 4 is 23.9 Å². The zero-order valence-electron chi connectivity index (χ0n) is 13.8. The molecular weight excluding hydrogens is 343 g/mol. The molecule has 0 aliphatic carbocycles. The summed E-state index contributed by atoms with van der Waals surface area (Å²) in [5, 5.41) is 0. The van der Waals surface area contributed by atoms with E-state index in [-0.39, 0.29) is 17.0 Å². The van der Waals surface area contributed by atoms with Crippen molar-refractivity contribution in [2.75, 3.05) is 72.7 Å². The molecule has 0 bridgehead atoms. The van der Waals surface area contributed by atoms with Gasteiger partial charge in [-0.2, -0.15) is 0 Å². The molecular formula is C13H34BrN2O3P. The summed E-state index contributed by atoms with van der Waals surface area (Å²) < 4.78 is 18.4. The first-order valence-electron chi connectivity index (χ1n) is 7.04. The Labute approximate surface area is 135 Å².